The van der Waals surface area contributed by atoms with Crippen molar-refractivity contribution in [3.8, 4) is 0 Å². The number of rotatable bonds is 4. The fraction of sp³-hybridized carbons (Fsp3) is 0.176. The van der Waals surface area contributed by atoms with Crippen molar-refractivity contribution in [2.45, 2.75) is 13.3 Å². The SMILES string of the molecule is CC(=O)N(C)c1ccc(CC(=O)Nc2ccc(F)c(F)c2)cc1. The number of carbonyl (C=O) groups is 2. The summed E-state index contributed by atoms with van der Waals surface area (Å²) in [5.74, 6) is -2.41. The molecule has 0 bridgehead atoms. The van der Waals surface area contributed by atoms with E-state index >= 15 is 0 Å². The Bertz CT molecular complexity index is 730. The highest BCUT2D eigenvalue weighted by Gasteiger charge is 2.09. The molecule has 0 saturated heterocycles. The smallest absolute Gasteiger partial charge is 0.228 e. The lowest BCUT2D eigenvalue weighted by molar-refractivity contribution is -0.116. The summed E-state index contributed by atoms with van der Waals surface area (Å²) in [5.41, 5.74) is 1.66. The van der Waals surface area contributed by atoms with E-state index in [-0.39, 0.29) is 23.9 Å². The van der Waals surface area contributed by atoms with E-state index in [2.05, 4.69) is 5.32 Å². The molecule has 0 spiro atoms. The van der Waals surface area contributed by atoms with Gasteiger partial charge in [0.05, 0.1) is 6.42 Å². The molecule has 2 rings (SSSR count). The minimum absolute atomic E-state index is 0.0864. The second-order valence-corrected chi connectivity index (χ2v) is 5.10. The molecule has 4 nitrogen and oxygen atoms in total. The Kier molecular flexibility index (Phi) is 5.05. The van der Waals surface area contributed by atoms with E-state index in [1.165, 1.54) is 17.9 Å². The van der Waals surface area contributed by atoms with E-state index in [9.17, 15) is 18.4 Å². The number of benzene rings is 2. The molecule has 0 aromatic heterocycles. The summed E-state index contributed by atoms with van der Waals surface area (Å²) < 4.78 is 25.9. The van der Waals surface area contributed by atoms with Crippen LogP contribution in [0, 0.1) is 11.6 Å². The van der Waals surface area contributed by atoms with Gasteiger partial charge in [0, 0.05) is 31.4 Å². The summed E-state index contributed by atoms with van der Waals surface area (Å²) in [6.07, 6.45) is 0.0864. The number of nitrogens with zero attached hydrogens (tertiary/aromatic N) is 1. The fourth-order valence-corrected chi connectivity index (χ4v) is 1.98. The Labute approximate surface area is 132 Å². The van der Waals surface area contributed by atoms with Crippen LogP contribution in [0.3, 0.4) is 0 Å². The molecule has 120 valence electrons. The highest BCUT2D eigenvalue weighted by Crippen LogP contribution is 2.16. The van der Waals surface area contributed by atoms with Crippen molar-refractivity contribution in [1.82, 2.24) is 0 Å². The maximum absolute atomic E-state index is 13.1. The van der Waals surface area contributed by atoms with Crippen molar-refractivity contribution >= 4 is 23.2 Å². The zero-order valence-electron chi connectivity index (χ0n) is 12.8. The van der Waals surface area contributed by atoms with Gasteiger partial charge in [0.15, 0.2) is 11.6 Å². The quantitative estimate of drug-likeness (QED) is 0.941. The van der Waals surface area contributed by atoms with Crippen molar-refractivity contribution < 1.29 is 18.4 Å². The van der Waals surface area contributed by atoms with Crippen LogP contribution in [0.15, 0.2) is 42.5 Å². The van der Waals surface area contributed by atoms with Crippen LogP contribution >= 0.6 is 0 Å². The van der Waals surface area contributed by atoms with E-state index in [0.29, 0.717) is 0 Å². The molecular formula is C17H16F2N2O2. The molecule has 0 unspecified atom stereocenters. The van der Waals surface area contributed by atoms with Crippen molar-refractivity contribution in [2.75, 3.05) is 17.3 Å². The average molecular weight is 318 g/mol. The summed E-state index contributed by atoms with van der Waals surface area (Å²) in [7, 11) is 1.66. The molecule has 0 atom stereocenters. The van der Waals surface area contributed by atoms with Gasteiger partial charge in [0.25, 0.3) is 0 Å². The molecule has 2 amide bonds. The Balaban J connectivity index is 2.00. The highest BCUT2D eigenvalue weighted by atomic mass is 19.2. The molecule has 0 saturated carbocycles. The number of nitrogens with one attached hydrogen (secondary N) is 1. The summed E-state index contributed by atoms with van der Waals surface area (Å²) in [6, 6.07) is 10.1. The first kappa shape index (κ1) is 16.6. The standard InChI is InChI=1S/C17H16F2N2O2/c1-11(22)21(2)14-6-3-12(4-7-14)9-17(23)20-13-5-8-15(18)16(19)10-13/h3-8,10H,9H2,1-2H3,(H,20,23). The number of amides is 2. The fourth-order valence-electron chi connectivity index (χ4n) is 1.98. The van der Waals surface area contributed by atoms with E-state index in [1.54, 1.807) is 31.3 Å². The van der Waals surface area contributed by atoms with Crippen molar-refractivity contribution in [3.63, 3.8) is 0 Å². The lowest BCUT2D eigenvalue weighted by atomic mass is 10.1. The van der Waals surface area contributed by atoms with Crippen LogP contribution in [-0.4, -0.2) is 18.9 Å². The number of anilines is 2. The first-order chi connectivity index (χ1) is 10.9. The van der Waals surface area contributed by atoms with Crippen LogP contribution in [0.1, 0.15) is 12.5 Å². The Hall–Kier alpha value is -2.76. The summed E-state index contributed by atoms with van der Waals surface area (Å²) in [5, 5.41) is 2.50. The Morgan fingerprint density at radius 3 is 2.26 bits per heavy atom. The van der Waals surface area contributed by atoms with E-state index in [4.69, 9.17) is 0 Å². The second kappa shape index (κ2) is 7.00. The van der Waals surface area contributed by atoms with Crippen LogP contribution in [0.5, 0.6) is 0 Å². The summed E-state index contributed by atoms with van der Waals surface area (Å²) >= 11 is 0. The van der Waals surface area contributed by atoms with Crippen LogP contribution in [0.2, 0.25) is 0 Å². The van der Waals surface area contributed by atoms with E-state index < -0.39 is 11.6 Å². The van der Waals surface area contributed by atoms with Gasteiger partial charge in [-0.1, -0.05) is 12.1 Å². The molecule has 2 aromatic carbocycles. The van der Waals surface area contributed by atoms with Gasteiger partial charge < -0.3 is 10.2 Å². The zero-order valence-corrected chi connectivity index (χ0v) is 12.8. The maximum atomic E-state index is 13.1. The summed E-state index contributed by atoms with van der Waals surface area (Å²) in [4.78, 5) is 24.7. The average Bonchev–Trinajstić information content (AvgIpc) is 2.51. The predicted molar refractivity (Wildman–Crippen MR) is 84.2 cm³/mol. The zero-order chi connectivity index (χ0) is 17.0. The highest BCUT2D eigenvalue weighted by molar-refractivity contribution is 5.93. The Morgan fingerprint density at radius 1 is 1.04 bits per heavy atom. The van der Waals surface area contributed by atoms with E-state index in [0.717, 1.165) is 23.4 Å². The minimum atomic E-state index is -1.01. The van der Waals surface area contributed by atoms with Gasteiger partial charge in [-0.3, -0.25) is 9.59 Å². The van der Waals surface area contributed by atoms with Gasteiger partial charge in [-0.15, -0.1) is 0 Å². The molecule has 23 heavy (non-hydrogen) atoms. The minimum Gasteiger partial charge on any atom is -0.326 e. The Morgan fingerprint density at radius 2 is 1.70 bits per heavy atom. The number of halogens is 2. The molecule has 2 aromatic rings. The van der Waals surface area contributed by atoms with Gasteiger partial charge in [-0.25, -0.2) is 8.78 Å². The molecule has 0 heterocycles. The molecule has 1 N–H and O–H groups in total. The monoisotopic (exact) mass is 318 g/mol. The molecule has 0 aliphatic rings. The van der Waals surface area contributed by atoms with Crippen molar-refractivity contribution in [2.24, 2.45) is 0 Å². The normalized spacial score (nSPS) is 10.3. The lowest BCUT2D eigenvalue weighted by Crippen LogP contribution is -2.22. The molecule has 0 fully saturated rings. The van der Waals surface area contributed by atoms with Crippen LogP contribution in [-0.2, 0) is 16.0 Å². The first-order valence-corrected chi connectivity index (χ1v) is 6.95. The van der Waals surface area contributed by atoms with Crippen LogP contribution in [0.4, 0.5) is 20.2 Å². The van der Waals surface area contributed by atoms with Gasteiger partial charge >= 0.3 is 0 Å². The third kappa shape index (κ3) is 4.35. The van der Waals surface area contributed by atoms with Gasteiger partial charge in [-0.2, -0.15) is 0 Å². The van der Waals surface area contributed by atoms with E-state index in [1.807, 2.05) is 0 Å². The van der Waals surface area contributed by atoms with Crippen LogP contribution < -0.4 is 10.2 Å². The number of carbonyl (C=O) groups excluding carboxylic acids is 2. The molecule has 0 radical (unpaired) electrons. The van der Waals surface area contributed by atoms with Gasteiger partial charge in [0.2, 0.25) is 11.8 Å². The van der Waals surface area contributed by atoms with Crippen LogP contribution in [0.25, 0.3) is 0 Å². The maximum Gasteiger partial charge on any atom is 0.228 e. The number of hydrogen-bond donors (Lipinski definition) is 1. The third-order valence-corrected chi connectivity index (χ3v) is 3.36. The number of hydrogen-bond acceptors (Lipinski definition) is 2. The lowest BCUT2D eigenvalue weighted by Gasteiger charge is -2.15. The molecule has 6 heteroatoms. The largest absolute Gasteiger partial charge is 0.326 e. The third-order valence-electron chi connectivity index (χ3n) is 3.36. The first-order valence-electron chi connectivity index (χ1n) is 6.95. The summed E-state index contributed by atoms with van der Waals surface area (Å²) in [6.45, 7) is 1.46. The second-order valence-electron chi connectivity index (χ2n) is 5.10. The van der Waals surface area contributed by atoms with Gasteiger partial charge in [0.1, 0.15) is 0 Å². The molecule has 0 aliphatic heterocycles. The molecular weight excluding hydrogens is 302 g/mol. The van der Waals surface area contributed by atoms with Crippen molar-refractivity contribution in [3.05, 3.63) is 59.7 Å². The topological polar surface area (TPSA) is 49.4 Å². The van der Waals surface area contributed by atoms with Gasteiger partial charge in [-0.05, 0) is 29.8 Å². The van der Waals surface area contributed by atoms with Crippen molar-refractivity contribution in [1.29, 1.82) is 0 Å². The molecule has 0 aliphatic carbocycles. The predicted octanol–water partition coefficient (Wildman–Crippen LogP) is 3.13.